The summed E-state index contributed by atoms with van der Waals surface area (Å²) in [6.45, 7) is 3.71. The first-order valence-electron chi connectivity index (χ1n) is 7.06. The van der Waals surface area contributed by atoms with E-state index in [0.29, 0.717) is 17.3 Å². The highest BCUT2D eigenvalue weighted by Gasteiger charge is 2.30. The van der Waals surface area contributed by atoms with Crippen LogP contribution < -0.4 is 10.9 Å². The summed E-state index contributed by atoms with van der Waals surface area (Å²) in [7, 11) is 1.65. The Hall–Kier alpha value is -1.34. The van der Waals surface area contributed by atoms with Crippen molar-refractivity contribution in [2.75, 3.05) is 12.8 Å². The molecule has 0 aliphatic rings. The van der Waals surface area contributed by atoms with Gasteiger partial charge in [-0.05, 0) is 33.2 Å². The molecular formula is C14H23N3O3S. The van der Waals surface area contributed by atoms with Gasteiger partial charge in [0.1, 0.15) is 5.54 Å². The van der Waals surface area contributed by atoms with E-state index in [4.69, 9.17) is 5.11 Å². The van der Waals surface area contributed by atoms with E-state index in [1.165, 1.54) is 17.8 Å². The minimum Gasteiger partial charge on any atom is -0.480 e. The van der Waals surface area contributed by atoms with Crippen LogP contribution in [0, 0.1) is 0 Å². The van der Waals surface area contributed by atoms with Crippen LogP contribution >= 0.6 is 11.8 Å². The van der Waals surface area contributed by atoms with Crippen LogP contribution in [0.2, 0.25) is 0 Å². The van der Waals surface area contributed by atoms with Crippen LogP contribution in [-0.4, -0.2) is 39.4 Å². The molecule has 0 spiro atoms. The molecule has 118 valence electrons. The Labute approximate surface area is 128 Å². The lowest BCUT2D eigenvalue weighted by Crippen LogP contribution is -2.47. The van der Waals surface area contributed by atoms with Crippen molar-refractivity contribution in [3.05, 3.63) is 22.1 Å². The third kappa shape index (κ3) is 5.51. The molecule has 0 aliphatic carbocycles. The Morgan fingerprint density at radius 3 is 2.86 bits per heavy atom. The van der Waals surface area contributed by atoms with Crippen molar-refractivity contribution in [1.82, 2.24) is 15.3 Å². The topological polar surface area (TPSA) is 95.1 Å². The SMILES string of the molecule is CCCc1cc(=O)[nH]c(SCCCC(C)(NC)C(=O)O)n1. The Balaban J connectivity index is 2.53. The van der Waals surface area contributed by atoms with Gasteiger partial charge in [-0.2, -0.15) is 0 Å². The van der Waals surface area contributed by atoms with Gasteiger partial charge in [-0.25, -0.2) is 4.98 Å². The van der Waals surface area contributed by atoms with Crippen molar-refractivity contribution < 1.29 is 9.90 Å². The van der Waals surface area contributed by atoms with Gasteiger partial charge >= 0.3 is 5.97 Å². The highest BCUT2D eigenvalue weighted by Crippen LogP contribution is 2.18. The first-order chi connectivity index (χ1) is 9.91. The van der Waals surface area contributed by atoms with Crippen LogP contribution in [0.5, 0.6) is 0 Å². The molecule has 0 saturated heterocycles. The average molecular weight is 313 g/mol. The molecule has 0 aliphatic heterocycles. The summed E-state index contributed by atoms with van der Waals surface area (Å²) in [5.74, 6) is -0.144. The van der Waals surface area contributed by atoms with E-state index in [0.717, 1.165) is 25.0 Å². The van der Waals surface area contributed by atoms with E-state index in [9.17, 15) is 9.59 Å². The molecule has 1 unspecified atom stereocenters. The number of aryl methyl sites for hydroxylation is 1. The van der Waals surface area contributed by atoms with E-state index < -0.39 is 11.5 Å². The number of likely N-dealkylation sites (N-methyl/N-ethyl adjacent to an activating group) is 1. The van der Waals surface area contributed by atoms with Gasteiger partial charge in [-0.1, -0.05) is 25.1 Å². The number of hydrogen-bond donors (Lipinski definition) is 3. The van der Waals surface area contributed by atoms with E-state index in [-0.39, 0.29) is 5.56 Å². The number of rotatable bonds is 9. The molecule has 0 bridgehead atoms. The fraction of sp³-hybridized carbons (Fsp3) is 0.643. The zero-order valence-corrected chi connectivity index (χ0v) is 13.5. The van der Waals surface area contributed by atoms with Gasteiger partial charge in [0.05, 0.1) is 0 Å². The average Bonchev–Trinajstić information content (AvgIpc) is 2.43. The van der Waals surface area contributed by atoms with Crippen LogP contribution in [0.3, 0.4) is 0 Å². The van der Waals surface area contributed by atoms with Gasteiger partial charge in [0.2, 0.25) is 0 Å². The van der Waals surface area contributed by atoms with Gasteiger partial charge < -0.3 is 15.4 Å². The summed E-state index contributed by atoms with van der Waals surface area (Å²) in [6, 6.07) is 1.52. The van der Waals surface area contributed by atoms with E-state index in [1.807, 2.05) is 6.92 Å². The van der Waals surface area contributed by atoms with Crippen molar-refractivity contribution in [3.63, 3.8) is 0 Å². The van der Waals surface area contributed by atoms with Gasteiger partial charge in [-0.3, -0.25) is 9.59 Å². The second kappa shape index (κ2) is 8.19. The Morgan fingerprint density at radius 1 is 1.57 bits per heavy atom. The number of thioether (sulfide) groups is 1. The van der Waals surface area contributed by atoms with Crippen LogP contribution in [0.1, 0.15) is 38.8 Å². The Morgan fingerprint density at radius 2 is 2.29 bits per heavy atom. The maximum atomic E-state index is 11.5. The predicted octanol–water partition coefficient (Wildman–Crippen LogP) is 1.66. The minimum absolute atomic E-state index is 0.137. The number of aliphatic carboxylic acids is 1. The lowest BCUT2D eigenvalue weighted by Gasteiger charge is -2.23. The first kappa shape index (κ1) is 17.7. The Bertz CT molecular complexity index is 532. The molecule has 21 heavy (non-hydrogen) atoms. The number of H-pyrrole nitrogens is 1. The van der Waals surface area contributed by atoms with E-state index >= 15 is 0 Å². The van der Waals surface area contributed by atoms with Crippen molar-refractivity contribution in [2.45, 2.75) is 50.2 Å². The minimum atomic E-state index is -0.911. The summed E-state index contributed by atoms with van der Waals surface area (Å²) in [5, 5.41) is 12.6. The number of carboxylic acid groups (broad SMARTS) is 1. The molecule has 0 fully saturated rings. The van der Waals surface area contributed by atoms with Gasteiger partial charge in [-0.15, -0.1) is 0 Å². The van der Waals surface area contributed by atoms with E-state index in [2.05, 4.69) is 15.3 Å². The fourth-order valence-electron chi connectivity index (χ4n) is 1.87. The summed E-state index contributed by atoms with van der Waals surface area (Å²) < 4.78 is 0. The summed E-state index contributed by atoms with van der Waals surface area (Å²) in [4.78, 5) is 29.8. The summed E-state index contributed by atoms with van der Waals surface area (Å²) in [6.07, 6.45) is 2.97. The maximum Gasteiger partial charge on any atom is 0.323 e. The first-order valence-corrected chi connectivity index (χ1v) is 8.05. The molecule has 7 heteroatoms. The van der Waals surface area contributed by atoms with Crippen molar-refractivity contribution in [1.29, 1.82) is 0 Å². The van der Waals surface area contributed by atoms with Crippen LogP contribution in [0.25, 0.3) is 0 Å². The van der Waals surface area contributed by atoms with Gasteiger partial charge in [0.15, 0.2) is 5.16 Å². The lowest BCUT2D eigenvalue weighted by atomic mass is 9.97. The lowest BCUT2D eigenvalue weighted by molar-refractivity contribution is -0.144. The van der Waals surface area contributed by atoms with Crippen molar-refractivity contribution in [3.8, 4) is 0 Å². The third-order valence-corrected chi connectivity index (χ3v) is 4.32. The molecule has 6 nitrogen and oxygen atoms in total. The second-order valence-electron chi connectivity index (χ2n) is 5.13. The second-order valence-corrected chi connectivity index (χ2v) is 6.21. The van der Waals surface area contributed by atoms with E-state index in [1.54, 1.807) is 14.0 Å². The van der Waals surface area contributed by atoms with Crippen molar-refractivity contribution >= 4 is 17.7 Å². The highest BCUT2D eigenvalue weighted by atomic mass is 32.2. The number of nitrogens with zero attached hydrogens (tertiary/aromatic N) is 1. The molecule has 1 rings (SSSR count). The predicted molar refractivity (Wildman–Crippen MR) is 83.9 cm³/mol. The summed E-state index contributed by atoms with van der Waals surface area (Å²) in [5.41, 5.74) is -0.248. The summed E-state index contributed by atoms with van der Waals surface area (Å²) >= 11 is 1.45. The molecule has 0 aromatic carbocycles. The molecule has 1 atom stereocenters. The molecular weight excluding hydrogens is 290 g/mol. The number of carboxylic acids is 1. The maximum absolute atomic E-state index is 11.5. The molecule has 1 aromatic rings. The third-order valence-electron chi connectivity index (χ3n) is 3.36. The number of nitrogens with one attached hydrogen (secondary N) is 2. The highest BCUT2D eigenvalue weighted by molar-refractivity contribution is 7.99. The monoisotopic (exact) mass is 313 g/mol. The van der Waals surface area contributed by atoms with Crippen LogP contribution in [0.15, 0.2) is 16.0 Å². The molecule has 0 saturated carbocycles. The quantitative estimate of drug-likeness (QED) is 0.364. The fourth-order valence-corrected chi connectivity index (χ4v) is 2.71. The number of aromatic nitrogens is 2. The zero-order valence-electron chi connectivity index (χ0n) is 12.7. The molecule has 0 amide bonds. The number of carbonyl (C=O) groups is 1. The number of hydrogen-bond acceptors (Lipinski definition) is 5. The molecule has 3 N–H and O–H groups in total. The van der Waals surface area contributed by atoms with Gasteiger partial charge in [0, 0.05) is 17.5 Å². The van der Waals surface area contributed by atoms with Gasteiger partial charge in [0.25, 0.3) is 5.56 Å². The molecule has 1 heterocycles. The zero-order chi connectivity index (χ0) is 15.9. The molecule has 1 aromatic heterocycles. The van der Waals surface area contributed by atoms with Crippen molar-refractivity contribution in [2.24, 2.45) is 0 Å². The standard InChI is InChI=1S/C14H23N3O3S/c1-4-6-10-9-11(18)17-13(16-10)21-8-5-7-14(2,15-3)12(19)20/h9,15H,4-8H2,1-3H3,(H,19,20)(H,16,17,18). The Kier molecular flexibility index (Phi) is 6.91. The van der Waals surface area contributed by atoms with Crippen LogP contribution in [0.4, 0.5) is 0 Å². The molecule has 0 radical (unpaired) electrons. The largest absolute Gasteiger partial charge is 0.480 e. The normalized spacial score (nSPS) is 13.9. The van der Waals surface area contributed by atoms with Crippen LogP contribution in [-0.2, 0) is 11.2 Å². The smallest absolute Gasteiger partial charge is 0.323 e. The number of aromatic amines is 1.